The Hall–Kier alpha value is -0.505. The van der Waals surface area contributed by atoms with E-state index in [1.165, 1.54) is 6.42 Å². The first-order valence-electron chi connectivity index (χ1n) is 2.53. The molecule has 0 aliphatic rings. The molecule has 0 spiro atoms. The van der Waals surface area contributed by atoms with E-state index in [0.717, 1.165) is 6.32 Å². The Morgan fingerprint density at radius 1 is 1.86 bits per heavy atom. The molecular weight excluding hydrogens is 82.9 g/mol. The minimum atomic E-state index is 1.10. The molecule has 0 bridgehead atoms. The summed E-state index contributed by atoms with van der Waals surface area (Å²) in [5.74, 6) is 4.16. The van der Waals surface area contributed by atoms with E-state index in [9.17, 15) is 0 Å². The van der Waals surface area contributed by atoms with Gasteiger partial charge in [-0.25, -0.2) is 0 Å². The van der Waals surface area contributed by atoms with Crippen LogP contribution in [0.4, 0.5) is 0 Å². The van der Waals surface area contributed by atoms with E-state index in [4.69, 9.17) is 6.42 Å². The van der Waals surface area contributed by atoms with Crippen LogP contribution in [0.3, 0.4) is 0 Å². The second-order valence-corrected chi connectivity index (χ2v) is 1.36. The molecule has 0 heterocycles. The van der Waals surface area contributed by atoms with Gasteiger partial charge in [0.2, 0.25) is 0 Å². The summed E-state index contributed by atoms with van der Waals surface area (Å²) in [7, 11) is 0. The Morgan fingerprint density at radius 3 is 3.00 bits per heavy atom. The number of rotatable bonds is 2. The van der Waals surface area contributed by atoms with E-state index < -0.39 is 0 Å². The van der Waals surface area contributed by atoms with E-state index in [0.29, 0.717) is 0 Å². The molecule has 0 amide bonds. The van der Waals surface area contributed by atoms with Crippen molar-refractivity contribution in [2.24, 2.45) is 0 Å². The van der Waals surface area contributed by atoms with Crippen LogP contribution in [0.15, 0.2) is 0 Å². The van der Waals surface area contributed by atoms with E-state index in [1.54, 1.807) is 5.97 Å². The van der Waals surface area contributed by atoms with Crippen LogP contribution in [0.25, 0.3) is 0 Å². The van der Waals surface area contributed by atoms with Crippen molar-refractivity contribution in [1.82, 2.24) is 0 Å². The van der Waals surface area contributed by atoms with Crippen LogP contribution in [-0.4, -0.2) is 12.9 Å². The molecule has 0 rings (SSSR count). The molecule has 0 aliphatic heterocycles. The molecule has 7 heavy (non-hydrogen) atoms. The summed E-state index contributed by atoms with van der Waals surface area (Å²) in [5.41, 5.74) is 0. The third-order valence-electron chi connectivity index (χ3n) is 0.669. The molecule has 0 aliphatic carbocycles. The zero-order chi connectivity index (χ0) is 5.54. The fraction of sp³-hybridized carbons (Fsp3) is 0.500. The van der Waals surface area contributed by atoms with E-state index in [2.05, 4.69) is 12.8 Å². The maximum atomic E-state index is 4.93. The zero-order valence-corrected chi connectivity index (χ0v) is 4.65. The number of terminal acetylenes is 1. The SMILES string of the molecule is C#CC=BCCC. The average molecular weight is 92.0 g/mol. The standard InChI is InChI=1S/C6H9B/c1-3-5-7-6-4-2/h1,5H,4,6H2,2H3. The van der Waals surface area contributed by atoms with Gasteiger partial charge < -0.3 is 0 Å². The van der Waals surface area contributed by atoms with Crippen LogP contribution in [0.1, 0.15) is 13.3 Å². The van der Waals surface area contributed by atoms with Crippen molar-refractivity contribution < 1.29 is 0 Å². The summed E-state index contributed by atoms with van der Waals surface area (Å²) in [6, 6.07) is 0. The Morgan fingerprint density at radius 2 is 2.57 bits per heavy atom. The predicted molar refractivity (Wildman–Crippen MR) is 35.7 cm³/mol. The van der Waals surface area contributed by atoms with E-state index in [1.807, 2.05) is 6.92 Å². The van der Waals surface area contributed by atoms with Crippen LogP contribution in [0, 0.1) is 12.3 Å². The molecule has 1 heteroatoms. The van der Waals surface area contributed by atoms with Crippen molar-refractivity contribution in [3.63, 3.8) is 0 Å². The monoisotopic (exact) mass is 92.1 g/mol. The predicted octanol–water partition coefficient (Wildman–Crippen LogP) is 0.954. The maximum absolute atomic E-state index is 4.93. The van der Waals surface area contributed by atoms with Gasteiger partial charge in [0.1, 0.15) is 0 Å². The Bertz CT molecular complexity index is 86.8. The molecule has 0 radical (unpaired) electrons. The molecule has 0 saturated heterocycles. The van der Waals surface area contributed by atoms with Gasteiger partial charge in [-0.1, -0.05) is 0 Å². The quantitative estimate of drug-likeness (QED) is 0.351. The Labute approximate surface area is 45.8 Å². The van der Waals surface area contributed by atoms with Crippen LogP contribution < -0.4 is 0 Å². The molecule has 0 aromatic carbocycles. The molecular formula is C6H9B. The van der Waals surface area contributed by atoms with Gasteiger partial charge in [0.05, 0.1) is 0 Å². The van der Waals surface area contributed by atoms with Gasteiger partial charge in [-0.3, -0.25) is 0 Å². The molecule has 0 aromatic rings. The average Bonchev–Trinajstić information content (AvgIpc) is 1.69. The third-order valence-corrected chi connectivity index (χ3v) is 0.669. The van der Waals surface area contributed by atoms with E-state index >= 15 is 0 Å². The molecule has 0 unspecified atom stereocenters. The van der Waals surface area contributed by atoms with Crippen molar-refractivity contribution >= 4 is 12.9 Å². The van der Waals surface area contributed by atoms with Crippen LogP contribution in [-0.2, 0) is 0 Å². The van der Waals surface area contributed by atoms with Crippen molar-refractivity contribution in [2.45, 2.75) is 19.7 Å². The Balaban J connectivity index is 2.97. The fourth-order valence-electron chi connectivity index (χ4n) is 0.318. The first-order chi connectivity index (χ1) is 3.41. The third kappa shape index (κ3) is 5.49. The molecule has 0 saturated carbocycles. The fourth-order valence-corrected chi connectivity index (χ4v) is 0.318. The van der Waals surface area contributed by atoms with Crippen molar-refractivity contribution in [2.75, 3.05) is 0 Å². The first kappa shape index (κ1) is 6.49. The molecule has 0 nitrogen and oxygen atoms in total. The molecule has 0 atom stereocenters. The summed E-state index contributed by atoms with van der Waals surface area (Å²) in [6.45, 7) is 4.13. The number of hydrogen-bond donors (Lipinski definition) is 0. The summed E-state index contributed by atoms with van der Waals surface area (Å²) in [4.78, 5) is 0. The summed E-state index contributed by atoms with van der Waals surface area (Å²) >= 11 is 0. The van der Waals surface area contributed by atoms with Gasteiger partial charge in [-0.2, -0.15) is 0 Å². The zero-order valence-electron chi connectivity index (χ0n) is 4.65. The van der Waals surface area contributed by atoms with Crippen LogP contribution in [0.2, 0.25) is 6.32 Å². The van der Waals surface area contributed by atoms with Gasteiger partial charge in [0, 0.05) is 0 Å². The van der Waals surface area contributed by atoms with Gasteiger partial charge in [-0.15, -0.1) is 0 Å². The van der Waals surface area contributed by atoms with Gasteiger partial charge in [-0.05, 0) is 0 Å². The first-order valence-corrected chi connectivity index (χ1v) is 2.53. The Kier molecular flexibility index (Phi) is 5.10. The van der Waals surface area contributed by atoms with Crippen LogP contribution >= 0.6 is 0 Å². The minimum absolute atomic E-state index is 1.10. The normalized spacial score (nSPS) is 8.00. The second kappa shape index (κ2) is 5.49. The molecule has 0 fully saturated rings. The second-order valence-electron chi connectivity index (χ2n) is 1.36. The molecule has 0 N–H and O–H groups in total. The summed E-state index contributed by atoms with van der Waals surface area (Å²) < 4.78 is 0. The summed E-state index contributed by atoms with van der Waals surface area (Å²) in [5, 5.41) is 0. The van der Waals surface area contributed by atoms with Crippen molar-refractivity contribution in [3.8, 4) is 12.3 Å². The molecule has 0 aromatic heterocycles. The molecule has 36 valence electrons. The van der Waals surface area contributed by atoms with Gasteiger partial charge in [0.15, 0.2) is 0 Å². The number of hydrogen-bond acceptors (Lipinski definition) is 0. The summed E-state index contributed by atoms with van der Waals surface area (Å²) in [6.07, 6.45) is 7.21. The van der Waals surface area contributed by atoms with Gasteiger partial charge in [0.25, 0.3) is 0 Å². The van der Waals surface area contributed by atoms with Gasteiger partial charge >= 0.3 is 44.9 Å². The van der Waals surface area contributed by atoms with Crippen molar-refractivity contribution in [3.05, 3.63) is 0 Å². The topological polar surface area (TPSA) is 0 Å². The van der Waals surface area contributed by atoms with Crippen molar-refractivity contribution in [1.29, 1.82) is 0 Å². The van der Waals surface area contributed by atoms with Crippen LogP contribution in [0.5, 0.6) is 0 Å². The van der Waals surface area contributed by atoms with E-state index in [-0.39, 0.29) is 0 Å².